The number of nitrogens with two attached hydrogens (primary N) is 1. The zero-order chi connectivity index (χ0) is 14.8. The molecule has 2 rings (SSSR count). The summed E-state index contributed by atoms with van der Waals surface area (Å²) < 4.78 is 38.6. The SMILES string of the molecule is CCCc1nc(NN)cc(-n2ccc(C(F)(F)F)n2)n1. The van der Waals surface area contributed by atoms with Gasteiger partial charge >= 0.3 is 6.18 Å². The van der Waals surface area contributed by atoms with Crippen LogP contribution in [0.1, 0.15) is 24.9 Å². The molecule has 0 aromatic carbocycles. The quantitative estimate of drug-likeness (QED) is 0.663. The van der Waals surface area contributed by atoms with Gasteiger partial charge in [0, 0.05) is 18.7 Å². The summed E-state index contributed by atoms with van der Waals surface area (Å²) in [6, 6.07) is 2.31. The second kappa shape index (κ2) is 5.45. The van der Waals surface area contributed by atoms with Crippen LogP contribution in [-0.2, 0) is 12.6 Å². The van der Waals surface area contributed by atoms with Crippen molar-refractivity contribution in [3.05, 3.63) is 29.8 Å². The summed E-state index contributed by atoms with van der Waals surface area (Å²) >= 11 is 0. The molecular formula is C11H13F3N6. The maximum absolute atomic E-state index is 12.5. The topological polar surface area (TPSA) is 81.6 Å². The molecule has 0 saturated heterocycles. The second-order valence-electron chi connectivity index (χ2n) is 4.07. The molecule has 0 unspecified atom stereocenters. The fraction of sp³-hybridized carbons (Fsp3) is 0.364. The number of rotatable bonds is 4. The Morgan fingerprint density at radius 2 is 2.10 bits per heavy atom. The van der Waals surface area contributed by atoms with Gasteiger partial charge in [-0.15, -0.1) is 0 Å². The van der Waals surface area contributed by atoms with Crippen LogP contribution in [0.5, 0.6) is 0 Å². The van der Waals surface area contributed by atoms with Crippen LogP contribution in [0.15, 0.2) is 18.3 Å². The van der Waals surface area contributed by atoms with Crippen LogP contribution in [-0.4, -0.2) is 19.7 Å². The van der Waals surface area contributed by atoms with Crippen molar-refractivity contribution in [1.82, 2.24) is 19.7 Å². The number of alkyl halides is 3. The van der Waals surface area contributed by atoms with E-state index in [1.165, 1.54) is 12.3 Å². The summed E-state index contributed by atoms with van der Waals surface area (Å²) in [6.45, 7) is 1.95. The molecule has 2 heterocycles. The summed E-state index contributed by atoms with van der Waals surface area (Å²) in [5.41, 5.74) is 1.38. The third-order valence-corrected chi connectivity index (χ3v) is 2.49. The van der Waals surface area contributed by atoms with Crippen LogP contribution >= 0.6 is 0 Å². The van der Waals surface area contributed by atoms with Crippen molar-refractivity contribution in [1.29, 1.82) is 0 Å². The molecule has 0 radical (unpaired) electrons. The van der Waals surface area contributed by atoms with Crippen molar-refractivity contribution < 1.29 is 13.2 Å². The Labute approximate surface area is 112 Å². The summed E-state index contributed by atoms with van der Waals surface area (Å²) in [5, 5.41) is 3.46. The Kier molecular flexibility index (Phi) is 3.89. The Balaban J connectivity index is 2.41. The number of hydrazine groups is 1. The van der Waals surface area contributed by atoms with Gasteiger partial charge in [0.05, 0.1) is 0 Å². The maximum Gasteiger partial charge on any atom is 0.435 e. The molecule has 2 aromatic heterocycles. The van der Waals surface area contributed by atoms with Gasteiger partial charge in [-0.2, -0.15) is 18.3 Å². The van der Waals surface area contributed by atoms with Gasteiger partial charge < -0.3 is 5.43 Å². The van der Waals surface area contributed by atoms with E-state index in [0.717, 1.165) is 17.2 Å². The van der Waals surface area contributed by atoms with E-state index in [9.17, 15) is 13.2 Å². The first-order valence-electron chi connectivity index (χ1n) is 5.92. The van der Waals surface area contributed by atoms with Crippen molar-refractivity contribution in [2.45, 2.75) is 25.9 Å². The summed E-state index contributed by atoms with van der Waals surface area (Å²) in [4.78, 5) is 8.28. The Morgan fingerprint density at radius 3 is 2.65 bits per heavy atom. The van der Waals surface area contributed by atoms with E-state index in [0.29, 0.717) is 18.1 Å². The van der Waals surface area contributed by atoms with E-state index in [1.54, 1.807) is 0 Å². The van der Waals surface area contributed by atoms with Crippen LogP contribution < -0.4 is 11.3 Å². The van der Waals surface area contributed by atoms with E-state index in [2.05, 4.69) is 20.5 Å². The summed E-state index contributed by atoms with van der Waals surface area (Å²) in [5.74, 6) is 6.32. The lowest BCUT2D eigenvalue weighted by Crippen LogP contribution is -2.13. The van der Waals surface area contributed by atoms with Crippen LogP contribution in [0.3, 0.4) is 0 Å². The van der Waals surface area contributed by atoms with Crippen LogP contribution in [0.25, 0.3) is 5.82 Å². The van der Waals surface area contributed by atoms with Crippen LogP contribution in [0.4, 0.5) is 19.0 Å². The first-order valence-corrected chi connectivity index (χ1v) is 5.92. The molecule has 0 bridgehead atoms. The molecule has 6 nitrogen and oxygen atoms in total. The van der Waals surface area contributed by atoms with Gasteiger partial charge in [0.1, 0.15) is 11.6 Å². The highest BCUT2D eigenvalue weighted by Crippen LogP contribution is 2.27. The number of aryl methyl sites for hydroxylation is 1. The number of anilines is 1. The van der Waals surface area contributed by atoms with Gasteiger partial charge in [-0.25, -0.2) is 20.5 Å². The normalized spacial score (nSPS) is 11.7. The minimum atomic E-state index is -4.49. The van der Waals surface area contributed by atoms with Gasteiger partial charge in [-0.05, 0) is 12.5 Å². The Hall–Kier alpha value is -2.16. The molecule has 2 aromatic rings. The highest BCUT2D eigenvalue weighted by molar-refractivity contribution is 5.40. The molecule has 0 atom stereocenters. The average Bonchev–Trinajstić information content (AvgIpc) is 2.88. The first-order chi connectivity index (χ1) is 9.44. The number of halogens is 3. The van der Waals surface area contributed by atoms with Gasteiger partial charge in [-0.3, -0.25) is 0 Å². The molecule has 108 valence electrons. The summed E-state index contributed by atoms with van der Waals surface area (Å²) in [7, 11) is 0. The highest BCUT2D eigenvalue weighted by atomic mass is 19.4. The molecule has 9 heteroatoms. The lowest BCUT2D eigenvalue weighted by atomic mass is 10.3. The molecule has 0 aliphatic rings. The Morgan fingerprint density at radius 1 is 1.35 bits per heavy atom. The number of nitrogen functional groups attached to an aromatic ring is 1. The van der Waals surface area contributed by atoms with Crippen LogP contribution in [0, 0.1) is 0 Å². The number of hydrogen-bond donors (Lipinski definition) is 2. The molecule has 0 spiro atoms. The van der Waals surface area contributed by atoms with Crippen molar-refractivity contribution in [2.24, 2.45) is 5.84 Å². The molecule has 0 amide bonds. The molecular weight excluding hydrogens is 273 g/mol. The number of nitrogens with one attached hydrogen (secondary N) is 1. The molecule has 0 fully saturated rings. The number of nitrogens with zero attached hydrogens (tertiary/aromatic N) is 4. The molecule has 0 aliphatic carbocycles. The van der Waals surface area contributed by atoms with E-state index in [-0.39, 0.29) is 5.82 Å². The smallest absolute Gasteiger partial charge is 0.308 e. The molecule has 20 heavy (non-hydrogen) atoms. The fourth-order valence-corrected chi connectivity index (χ4v) is 1.61. The van der Waals surface area contributed by atoms with Crippen molar-refractivity contribution in [3.63, 3.8) is 0 Å². The third-order valence-electron chi connectivity index (χ3n) is 2.49. The van der Waals surface area contributed by atoms with E-state index in [1.807, 2.05) is 6.92 Å². The van der Waals surface area contributed by atoms with E-state index >= 15 is 0 Å². The van der Waals surface area contributed by atoms with Crippen molar-refractivity contribution >= 4 is 5.82 Å². The zero-order valence-corrected chi connectivity index (χ0v) is 10.6. The largest absolute Gasteiger partial charge is 0.435 e. The Bertz CT molecular complexity index is 592. The minimum absolute atomic E-state index is 0.229. The van der Waals surface area contributed by atoms with E-state index < -0.39 is 11.9 Å². The minimum Gasteiger partial charge on any atom is -0.308 e. The van der Waals surface area contributed by atoms with E-state index in [4.69, 9.17) is 5.84 Å². The van der Waals surface area contributed by atoms with Gasteiger partial charge in [0.2, 0.25) is 0 Å². The van der Waals surface area contributed by atoms with Crippen molar-refractivity contribution in [3.8, 4) is 5.82 Å². The number of hydrogen-bond acceptors (Lipinski definition) is 5. The first kappa shape index (κ1) is 14.3. The molecule has 0 saturated carbocycles. The van der Waals surface area contributed by atoms with Gasteiger partial charge in [-0.1, -0.05) is 6.92 Å². The second-order valence-corrected chi connectivity index (χ2v) is 4.07. The third kappa shape index (κ3) is 3.05. The standard InChI is InChI=1S/C11H13F3N6/c1-2-3-8-16-9(18-15)6-10(17-8)20-5-4-7(19-20)11(12,13)14/h4-6H,2-3,15H2,1H3,(H,16,17,18). The molecule has 3 N–H and O–H groups in total. The summed E-state index contributed by atoms with van der Waals surface area (Å²) in [6.07, 6.45) is -1.89. The van der Waals surface area contributed by atoms with Gasteiger partial charge in [0.25, 0.3) is 0 Å². The maximum atomic E-state index is 12.5. The average molecular weight is 286 g/mol. The predicted molar refractivity (Wildman–Crippen MR) is 66.0 cm³/mol. The lowest BCUT2D eigenvalue weighted by Gasteiger charge is -2.07. The monoisotopic (exact) mass is 286 g/mol. The van der Waals surface area contributed by atoms with Crippen molar-refractivity contribution in [2.75, 3.05) is 5.43 Å². The fourth-order valence-electron chi connectivity index (χ4n) is 1.61. The zero-order valence-electron chi connectivity index (χ0n) is 10.6. The predicted octanol–water partition coefficient (Wildman–Crippen LogP) is 1.92. The lowest BCUT2D eigenvalue weighted by molar-refractivity contribution is -0.141. The van der Waals surface area contributed by atoms with Crippen LogP contribution in [0.2, 0.25) is 0 Å². The highest BCUT2D eigenvalue weighted by Gasteiger charge is 2.33. The van der Waals surface area contributed by atoms with Gasteiger partial charge in [0.15, 0.2) is 11.5 Å². The number of aromatic nitrogens is 4. The molecule has 0 aliphatic heterocycles.